The third-order valence-electron chi connectivity index (χ3n) is 8.01. The number of ether oxygens (including phenoxy) is 2. The summed E-state index contributed by atoms with van der Waals surface area (Å²) in [6.45, 7) is 4.50. The van der Waals surface area contributed by atoms with Crippen molar-refractivity contribution in [3.63, 3.8) is 0 Å². The Bertz CT molecular complexity index is 1550. The van der Waals surface area contributed by atoms with Gasteiger partial charge in [0, 0.05) is 25.4 Å². The number of fused-ring (bicyclic) bond motifs is 5. The van der Waals surface area contributed by atoms with E-state index in [-0.39, 0.29) is 35.4 Å². The molecule has 210 valence electrons. The zero-order valence-corrected chi connectivity index (χ0v) is 23.3. The molecule has 0 spiro atoms. The van der Waals surface area contributed by atoms with Crippen molar-refractivity contribution in [3.05, 3.63) is 135 Å². The van der Waals surface area contributed by atoms with E-state index < -0.39 is 0 Å². The third-order valence-corrected chi connectivity index (χ3v) is 8.01. The molecule has 0 radical (unpaired) electrons. The van der Waals surface area contributed by atoms with Gasteiger partial charge in [0.05, 0.1) is 12.6 Å². The number of hydrogen-bond donors (Lipinski definition) is 0. The van der Waals surface area contributed by atoms with Gasteiger partial charge < -0.3 is 14.4 Å². The number of amides is 1. The first-order valence-corrected chi connectivity index (χ1v) is 14.3. The molecule has 1 amide bonds. The van der Waals surface area contributed by atoms with Crippen molar-refractivity contribution in [1.29, 1.82) is 0 Å². The molecule has 2 aliphatic heterocycles. The molecule has 2 bridgehead atoms. The Morgan fingerprint density at radius 2 is 1.61 bits per heavy atom. The van der Waals surface area contributed by atoms with Gasteiger partial charge in [0.1, 0.15) is 13.3 Å². The van der Waals surface area contributed by atoms with Crippen LogP contribution in [0, 0.1) is 5.92 Å². The fourth-order valence-corrected chi connectivity index (χ4v) is 5.69. The summed E-state index contributed by atoms with van der Waals surface area (Å²) in [7, 11) is 0. The Labute approximate surface area is 240 Å². The van der Waals surface area contributed by atoms with E-state index in [1.54, 1.807) is 6.20 Å². The van der Waals surface area contributed by atoms with Crippen molar-refractivity contribution in [2.45, 2.75) is 39.0 Å². The lowest BCUT2D eigenvalue weighted by molar-refractivity contribution is 0.0661. The number of benzene rings is 3. The minimum Gasteiger partial charge on any atom is -0.482 e. The van der Waals surface area contributed by atoms with E-state index in [0.29, 0.717) is 32.3 Å². The maximum Gasteiger partial charge on any atom is 0.277 e. The summed E-state index contributed by atoms with van der Waals surface area (Å²) in [6, 6.07) is 29.6. The van der Waals surface area contributed by atoms with Gasteiger partial charge >= 0.3 is 0 Å². The van der Waals surface area contributed by atoms with Gasteiger partial charge in [-0.05, 0) is 41.0 Å². The largest absolute Gasteiger partial charge is 0.482 e. The molecule has 0 fully saturated rings. The Kier molecular flexibility index (Phi) is 7.87. The van der Waals surface area contributed by atoms with Crippen molar-refractivity contribution in [2.75, 3.05) is 24.8 Å². The van der Waals surface area contributed by atoms with Gasteiger partial charge in [0.15, 0.2) is 11.4 Å². The normalized spacial score (nSPS) is 19.3. The lowest BCUT2D eigenvalue weighted by Gasteiger charge is -2.44. The van der Waals surface area contributed by atoms with Gasteiger partial charge in [0.2, 0.25) is 5.43 Å². The second-order valence-electron chi connectivity index (χ2n) is 10.9. The van der Waals surface area contributed by atoms with Crippen LogP contribution in [0.1, 0.15) is 58.5 Å². The lowest BCUT2D eigenvalue weighted by Crippen LogP contribution is -2.56. The number of nitrogens with zero attached hydrogens (tertiary/aromatic N) is 3. The summed E-state index contributed by atoms with van der Waals surface area (Å²) in [6.07, 6.45) is 3.46. The highest BCUT2D eigenvalue weighted by atomic mass is 16.5. The van der Waals surface area contributed by atoms with Crippen molar-refractivity contribution in [1.82, 2.24) is 9.58 Å². The van der Waals surface area contributed by atoms with Crippen molar-refractivity contribution < 1.29 is 14.3 Å². The molecule has 0 aliphatic carbocycles. The lowest BCUT2D eigenvalue weighted by atomic mass is 9.94. The van der Waals surface area contributed by atoms with Gasteiger partial charge in [-0.2, -0.15) is 0 Å². The van der Waals surface area contributed by atoms with E-state index in [9.17, 15) is 9.59 Å². The number of aromatic nitrogens is 1. The number of rotatable bonds is 4. The van der Waals surface area contributed by atoms with Crippen LogP contribution in [-0.2, 0) is 18.0 Å². The van der Waals surface area contributed by atoms with E-state index in [1.165, 1.54) is 6.07 Å². The molecule has 1 aromatic heterocycles. The molecule has 41 heavy (non-hydrogen) atoms. The monoisotopic (exact) mass is 549 g/mol. The summed E-state index contributed by atoms with van der Waals surface area (Å²) >= 11 is 0. The molecule has 2 atom stereocenters. The molecule has 2 unspecified atom stereocenters. The number of carbonyl (C=O) groups excluding carboxylic acids is 1. The first-order valence-electron chi connectivity index (χ1n) is 14.3. The summed E-state index contributed by atoms with van der Waals surface area (Å²) in [5.74, 6) is 0.267. The van der Waals surface area contributed by atoms with E-state index in [0.717, 1.165) is 35.1 Å². The molecule has 7 nitrogen and oxygen atoms in total. The molecule has 0 saturated carbocycles. The molecule has 0 saturated heterocycles. The van der Waals surface area contributed by atoms with E-state index in [1.807, 2.05) is 70.2 Å². The number of hydrogen-bond acceptors (Lipinski definition) is 5. The number of pyridine rings is 1. The van der Waals surface area contributed by atoms with Crippen molar-refractivity contribution in [3.8, 4) is 5.75 Å². The van der Waals surface area contributed by atoms with Crippen LogP contribution in [0.25, 0.3) is 0 Å². The highest BCUT2D eigenvalue weighted by Gasteiger charge is 2.37. The van der Waals surface area contributed by atoms with Crippen LogP contribution in [0.4, 0.5) is 0 Å². The quantitative estimate of drug-likeness (QED) is 0.336. The number of carbonyl (C=O) groups is 1. The SMILES string of the molecule is CC1CCOCc2ccccc2C(c2ccccc2)N2CN(CC1)C(=O)c1c(OCc3ccccc3)c(=O)ccn12. The molecule has 6 rings (SSSR count). The highest BCUT2D eigenvalue weighted by molar-refractivity contribution is 5.96. The topological polar surface area (TPSA) is 64.0 Å². The summed E-state index contributed by atoms with van der Waals surface area (Å²) < 4.78 is 14.2. The van der Waals surface area contributed by atoms with Crippen LogP contribution >= 0.6 is 0 Å². The fraction of sp³-hybridized carbons (Fsp3) is 0.294. The summed E-state index contributed by atoms with van der Waals surface area (Å²) in [5, 5.41) is 2.17. The minimum absolute atomic E-state index is 0.0804. The maximum atomic E-state index is 14.1. The van der Waals surface area contributed by atoms with E-state index >= 15 is 0 Å². The molecule has 4 aromatic rings. The zero-order chi connectivity index (χ0) is 28.2. The van der Waals surface area contributed by atoms with Gasteiger partial charge in [-0.3, -0.25) is 19.3 Å². The summed E-state index contributed by atoms with van der Waals surface area (Å²) in [5.41, 5.74) is 4.15. The van der Waals surface area contributed by atoms with E-state index in [2.05, 4.69) is 36.2 Å². The third kappa shape index (κ3) is 5.63. The van der Waals surface area contributed by atoms with Crippen LogP contribution in [-0.4, -0.2) is 35.3 Å². The van der Waals surface area contributed by atoms with Gasteiger partial charge in [-0.1, -0.05) is 91.9 Å². The van der Waals surface area contributed by atoms with Gasteiger partial charge in [-0.15, -0.1) is 0 Å². The molecular formula is C34H35N3O4. The molecule has 7 heteroatoms. The van der Waals surface area contributed by atoms with Gasteiger partial charge in [0.25, 0.3) is 5.91 Å². The standard InChI is InChI=1S/C34H35N3O4/c1-25-16-19-35-24-37(31(27-12-6-3-7-13-27)29-15-9-8-14-28(29)23-40-21-18-25)36-20-17-30(38)33(32(36)34(35)39)41-22-26-10-4-2-5-11-26/h2-15,17,20,25,31H,16,18-19,21-24H2,1H3. The van der Waals surface area contributed by atoms with Crippen LogP contribution < -0.4 is 15.2 Å². The Morgan fingerprint density at radius 3 is 2.41 bits per heavy atom. The van der Waals surface area contributed by atoms with Crippen LogP contribution in [0.15, 0.2) is 102 Å². The predicted octanol–water partition coefficient (Wildman–Crippen LogP) is 5.51. The molecule has 2 aliphatic rings. The first-order chi connectivity index (χ1) is 20.1. The molecule has 3 heterocycles. The van der Waals surface area contributed by atoms with Crippen LogP contribution in [0.5, 0.6) is 5.75 Å². The Balaban J connectivity index is 1.52. The Hall–Kier alpha value is -4.36. The maximum absolute atomic E-state index is 14.1. The van der Waals surface area contributed by atoms with Crippen molar-refractivity contribution in [2.24, 2.45) is 5.92 Å². The second kappa shape index (κ2) is 12.0. The van der Waals surface area contributed by atoms with Gasteiger partial charge in [-0.25, -0.2) is 0 Å². The second-order valence-corrected chi connectivity index (χ2v) is 10.9. The van der Waals surface area contributed by atoms with Crippen LogP contribution in [0.3, 0.4) is 0 Å². The highest BCUT2D eigenvalue weighted by Crippen LogP contribution is 2.35. The smallest absolute Gasteiger partial charge is 0.277 e. The zero-order valence-electron chi connectivity index (χ0n) is 23.3. The molecule has 3 aromatic carbocycles. The van der Waals surface area contributed by atoms with Crippen molar-refractivity contribution >= 4 is 5.91 Å². The summed E-state index contributed by atoms with van der Waals surface area (Å²) in [4.78, 5) is 29.2. The molecular weight excluding hydrogens is 514 g/mol. The Morgan fingerprint density at radius 1 is 0.878 bits per heavy atom. The van der Waals surface area contributed by atoms with Crippen LogP contribution in [0.2, 0.25) is 0 Å². The average Bonchev–Trinajstić information content (AvgIpc) is 3.01. The predicted molar refractivity (Wildman–Crippen MR) is 158 cm³/mol. The molecule has 0 N–H and O–H groups in total. The average molecular weight is 550 g/mol. The fourth-order valence-electron chi connectivity index (χ4n) is 5.69. The minimum atomic E-state index is -0.307. The first kappa shape index (κ1) is 26.8. The van der Waals surface area contributed by atoms with E-state index in [4.69, 9.17) is 9.47 Å².